The molecule has 0 bridgehead atoms. The van der Waals surface area contributed by atoms with Crippen molar-refractivity contribution in [2.45, 2.75) is 18.6 Å². The second-order valence-corrected chi connectivity index (χ2v) is 7.71. The van der Waals surface area contributed by atoms with Gasteiger partial charge in [0, 0.05) is 32.6 Å². The number of amides is 3. The van der Waals surface area contributed by atoms with Gasteiger partial charge in [0.05, 0.1) is 0 Å². The van der Waals surface area contributed by atoms with Crippen LogP contribution in [0.5, 0.6) is 11.5 Å². The van der Waals surface area contributed by atoms with E-state index in [0.29, 0.717) is 37.7 Å². The number of aliphatic carboxylic acids is 1. The van der Waals surface area contributed by atoms with Crippen molar-refractivity contribution in [1.82, 2.24) is 15.1 Å². The number of rotatable bonds is 5. The van der Waals surface area contributed by atoms with Crippen LogP contribution in [0.25, 0.3) is 0 Å². The average molecular weight is 439 g/mol. The molecule has 0 aliphatic carbocycles. The van der Waals surface area contributed by atoms with Crippen LogP contribution in [-0.4, -0.2) is 77.7 Å². The van der Waals surface area contributed by atoms with E-state index in [4.69, 9.17) is 9.47 Å². The van der Waals surface area contributed by atoms with E-state index in [9.17, 15) is 19.5 Å². The summed E-state index contributed by atoms with van der Waals surface area (Å²) in [5, 5.41) is 12.1. The molecule has 1 fully saturated rings. The van der Waals surface area contributed by atoms with Gasteiger partial charge in [0.1, 0.15) is 12.6 Å². The Kier molecular flexibility index (Phi) is 6.44. The Hall–Kier alpha value is -3.75. The van der Waals surface area contributed by atoms with E-state index in [1.54, 1.807) is 17.0 Å². The van der Waals surface area contributed by atoms with E-state index in [-0.39, 0.29) is 18.9 Å². The molecule has 0 radical (unpaired) electrons. The van der Waals surface area contributed by atoms with Gasteiger partial charge in [-0.05, 0) is 17.7 Å². The van der Waals surface area contributed by atoms with Gasteiger partial charge in [0.2, 0.25) is 6.10 Å². The lowest BCUT2D eigenvalue weighted by molar-refractivity contribution is -0.142. The normalized spacial score (nSPS) is 18.6. The predicted octanol–water partition coefficient (Wildman–Crippen LogP) is 1.38. The molecule has 4 rings (SSSR count). The molecule has 2 heterocycles. The first kappa shape index (κ1) is 21.5. The van der Waals surface area contributed by atoms with Crippen molar-refractivity contribution < 1.29 is 29.0 Å². The number of para-hydroxylation sites is 2. The number of nitrogens with one attached hydrogen (secondary N) is 1. The van der Waals surface area contributed by atoms with Gasteiger partial charge in [-0.1, -0.05) is 42.5 Å². The van der Waals surface area contributed by atoms with Gasteiger partial charge in [0.25, 0.3) is 5.91 Å². The summed E-state index contributed by atoms with van der Waals surface area (Å²) in [5.41, 5.74) is 0.826. The summed E-state index contributed by atoms with van der Waals surface area (Å²) in [5.74, 6) is -0.132. The van der Waals surface area contributed by atoms with Crippen LogP contribution in [-0.2, 0) is 16.0 Å². The number of benzene rings is 2. The number of urea groups is 1. The highest BCUT2D eigenvalue weighted by Crippen LogP contribution is 2.31. The smallest absolute Gasteiger partial charge is 0.326 e. The molecule has 9 heteroatoms. The molecule has 2 aromatic rings. The Balaban J connectivity index is 1.28. The minimum atomic E-state index is -1.09. The van der Waals surface area contributed by atoms with Crippen molar-refractivity contribution in [2.75, 3.05) is 32.8 Å². The number of hydrogen-bond donors (Lipinski definition) is 2. The zero-order chi connectivity index (χ0) is 22.5. The molecule has 1 unspecified atom stereocenters. The maximum atomic E-state index is 12.8. The molecule has 2 N–H and O–H groups in total. The average Bonchev–Trinajstić information content (AvgIpc) is 2.83. The van der Waals surface area contributed by atoms with E-state index in [0.717, 1.165) is 5.56 Å². The van der Waals surface area contributed by atoms with Crippen molar-refractivity contribution in [1.29, 1.82) is 0 Å². The molecule has 2 atom stereocenters. The van der Waals surface area contributed by atoms with Crippen LogP contribution < -0.4 is 14.8 Å². The van der Waals surface area contributed by atoms with E-state index >= 15 is 0 Å². The number of fused-ring (bicyclic) bond motifs is 1. The number of piperazine rings is 1. The van der Waals surface area contributed by atoms with Gasteiger partial charge < -0.3 is 29.7 Å². The number of nitrogens with zero attached hydrogens (tertiary/aromatic N) is 2. The standard InChI is InChI=1S/C23H25N3O6/c27-21(20-15-31-18-8-4-5-9-19(18)32-20)25-10-12-26(13-11-25)23(30)24-17(22(28)29)14-16-6-2-1-3-7-16/h1-9,17,20H,10-15H2,(H,24,30)(H,28,29)/t17-,20?/m1/s1. The second kappa shape index (κ2) is 9.59. The topological polar surface area (TPSA) is 108 Å². The largest absolute Gasteiger partial charge is 0.485 e. The van der Waals surface area contributed by atoms with Gasteiger partial charge >= 0.3 is 12.0 Å². The van der Waals surface area contributed by atoms with Crippen LogP contribution in [0.1, 0.15) is 5.56 Å². The molecule has 0 spiro atoms. The zero-order valence-corrected chi connectivity index (χ0v) is 17.5. The van der Waals surface area contributed by atoms with Crippen LogP contribution in [0, 0.1) is 0 Å². The predicted molar refractivity (Wildman–Crippen MR) is 115 cm³/mol. The summed E-state index contributed by atoms with van der Waals surface area (Å²) in [6, 6.07) is 14.9. The highest BCUT2D eigenvalue weighted by Gasteiger charge is 2.34. The van der Waals surface area contributed by atoms with Gasteiger partial charge in [-0.2, -0.15) is 0 Å². The molecular weight excluding hydrogens is 414 g/mol. The first-order valence-corrected chi connectivity index (χ1v) is 10.5. The molecule has 32 heavy (non-hydrogen) atoms. The van der Waals surface area contributed by atoms with Crippen molar-refractivity contribution in [3.63, 3.8) is 0 Å². The maximum absolute atomic E-state index is 12.8. The summed E-state index contributed by atoms with van der Waals surface area (Å²) in [6.07, 6.45) is -0.534. The van der Waals surface area contributed by atoms with Gasteiger partial charge in [-0.15, -0.1) is 0 Å². The third kappa shape index (κ3) is 4.93. The monoisotopic (exact) mass is 439 g/mol. The Morgan fingerprint density at radius 1 is 0.938 bits per heavy atom. The van der Waals surface area contributed by atoms with Crippen molar-refractivity contribution in [3.8, 4) is 11.5 Å². The van der Waals surface area contributed by atoms with Crippen LogP contribution in [0.15, 0.2) is 54.6 Å². The molecule has 1 saturated heterocycles. The molecule has 2 aromatic carbocycles. The van der Waals surface area contributed by atoms with E-state index < -0.39 is 24.1 Å². The fraction of sp³-hybridized carbons (Fsp3) is 0.348. The summed E-state index contributed by atoms with van der Waals surface area (Å²) in [7, 11) is 0. The van der Waals surface area contributed by atoms with Crippen LogP contribution >= 0.6 is 0 Å². The van der Waals surface area contributed by atoms with Crippen molar-refractivity contribution in [2.24, 2.45) is 0 Å². The highest BCUT2D eigenvalue weighted by molar-refractivity contribution is 5.84. The minimum absolute atomic E-state index is 0.135. The SMILES string of the molecule is O=C(O)[C@@H](Cc1ccccc1)NC(=O)N1CCN(C(=O)C2COc3ccccc3O2)CC1. The first-order valence-electron chi connectivity index (χ1n) is 10.5. The Morgan fingerprint density at radius 3 is 2.25 bits per heavy atom. The van der Waals surface area contributed by atoms with Gasteiger partial charge in [-0.25, -0.2) is 9.59 Å². The number of hydrogen-bond acceptors (Lipinski definition) is 5. The van der Waals surface area contributed by atoms with E-state index in [2.05, 4.69) is 5.32 Å². The number of carbonyl (C=O) groups excluding carboxylic acids is 2. The summed E-state index contributed by atoms with van der Waals surface area (Å²) < 4.78 is 11.4. The van der Waals surface area contributed by atoms with Crippen molar-refractivity contribution in [3.05, 3.63) is 60.2 Å². The fourth-order valence-electron chi connectivity index (χ4n) is 3.76. The number of carboxylic acids is 1. The van der Waals surface area contributed by atoms with E-state index in [1.165, 1.54) is 4.90 Å². The van der Waals surface area contributed by atoms with Crippen molar-refractivity contribution >= 4 is 17.9 Å². The lowest BCUT2D eigenvalue weighted by atomic mass is 10.1. The number of carbonyl (C=O) groups is 3. The fourth-order valence-corrected chi connectivity index (χ4v) is 3.76. The first-order chi connectivity index (χ1) is 15.5. The summed E-state index contributed by atoms with van der Waals surface area (Å²) in [6.45, 7) is 1.42. The molecule has 3 amide bonds. The molecule has 2 aliphatic rings. The number of ether oxygens (including phenoxy) is 2. The Labute approximate surface area is 185 Å². The molecule has 0 aromatic heterocycles. The Morgan fingerprint density at radius 2 is 1.56 bits per heavy atom. The third-order valence-electron chi connectivity index (χ3n) is 5.54. The Bertz CT molecular complexity index is 975. The lowest BCUT2D eigenvalue weighted by Gasteiger charge is -2.37. The lowest BCUT2D eigenvalue weighted by Crippen LogP contribution is -2.58. The van der Waals surface area contributed by atoms with Gasteiger partial charge in [-0.3, -0.25) is 4.79 Å². The van der Waals surface area contributed by atoms with Crippen LogP contribution in [0.4, 0.5) is 4.79 Å². The van der Waals surface area contributed by atoms with Gasteiger partial charge in [0.15, 0.2) is 11.5 Å². The molecule has 2 aliphatic heterocycles. The summed E-state index contributed by atoms with van der Waals surface area (Å²) >= 11 is 0. The molecule has 9 nitrogen and oxygen atoms in total. The quantitative estimate of drug-likeness (QED) is 0.729. The number of carboxylic acid groups (broad SMARTS) is 1. The zero-order valence-electron chi connectivity index (χ0n) is 17.5. The van der Waals surface area contributed by atoms with Crippen LogP contribution in [0.2, 0.25) is 0 Å². The third-order valence-corrected chi connectivity index (χ3v) is 5.54. The summed E-state index contributed by atoms with van der Waals surface area (Å²) in [4.78, 5) is 40.2. The molecule has 168 valence electrons. The van der Waals surface area contributed by atoms with E-state index in [1.807, 2.05) is 42.5 Å². The minimum Gasteiger partial charge on any atom is -0.485 e. The maximum Gasteiger partial charge on any atom is 0.326 e. The highest BCUT2D eigenvalue weighted by atomic mass is 16.6. The second-order valence-electron chi connectivity index (χ2n) is 7.71. The molecule has 0 saturated carbocycles. The molecular formula is C23H25N3O6. The van der Waals surface area contributed by atoms with Crippen LogP contribution in [0.3, 0.4) is 0 Å².